The summed E-state index contributed by atoms with van der Waals surface area (Å²) in [7, 11) is 0. The lowest BCUT2D eigenvalue weighted by atomic mass is 9.99. The average Bonchev–Trinajstić information content (AvgIpc) is 3.11. The van der Waals surface area contributed by atoms with Crippen molar-refractivity contribution in [1.29, 1.82) is 0 Å². The van der Waals surface area contributed by atoms with Gasteiger partial charge in [-0.1, -0.05) is 42.5 Å². The van der Waals surface area contributed by atoms with Gasteiger partial charge >= 0.3 is 0 Å². The van der Waals surface area contributed by atoms with Gasteiger partial charge in [-0.2, -0.15) is 0 Å². The van der Waals surface area contributed by atoms with Crippen LogP contribution in [0.1, 0.15) is 23.8 Å². The fourth-order valence-electron chi connectivity index (χ4n) is 2.63. The van der Waals surface area contributed by atoms with Crippen LogP contribution < -0.4 is 0 Å². The largest absolute Gasteiger partial charge is 0.346 e. The maximum atomic E-state index is 14.3. The van der Waals surface area contributed by atoms with Gasteiger partial charge in [0, 0.05) is 11.1 Å². The number of rotatable bonds is 5. The van der Waals surface area contributed by atoms with Gasteiger partial charge in [-0.15, -0.1) is 6.58 Å². The summed E-state index contributed by atoms with van der Waals surface area (Å²) in [6, 6.07) is 10.4. The monoisotopic (exact) mass is 316 g/mol. The number of hydrogen-bond donors (Lipinski definition) is 0. The third kappa shape index (κ3) is 3.33. The molecule has 1 saturated heterocycles. The van der Waals surface area contributed by atoms with Crippen molar-refractivity contribution >= 4 is 0 Å². The molecule has 0 spiro atoms. The van der Waals surface area contributed by atoms with Crippen LogP contribution in [0.2, 0.25) is 0 Å². The molecule has 1 heterocycles. The zero-order chi connectivity index (χ0) is 16.2. The van der Waals surface area contributed by atoms with E-state index in [0.717, 1.165) is 5.56 Å². The van der Waals surface area contributed by atoms with Gasteiger partial charge in [0.15, 0.2) is 17.9 Å². The molecule has 0 aliphatic carbocycles. The second-order valence-electron chi connectivity index (χ2n) is 5.42. The lowest BCUT2D eigenvalue weighted by Gasteiger charge is -2.11. The highest BCUT2D eigenvalue weighted by Crippen LogP contribution is 2.29. The second-order valence-corrected chi connectivity index (χ2v) is 5.42. The molecule has 1 aliphatic rings. The minimum absolute atomic E-state index is 0.254. The maximum absolute atomic E-state index is 14.3. The van der Waals surface area contributed by atoms with Gasteiger partial charge in [0.05, 0.1) is 13.2 Å². The van der Waals surface area contributed by atoms with Crippen molar-refractivity contribution in [2.24, 2.45) is 0 Å². The molecule has 0 N–H and O–H groups in total. The molecule has 3 rings (SSSR count). The zero-order valence-electron chi connectivity index (χ0n) is 12.7. The summed E-state index contributed by atoms with van der Waals surface area (Å²) in [5.41, 5.74) is 2.12. The first-order valence-corrected chi connectivity index (χ1v) is 7.62. The van der Waals surface area contributed by atoms with Crippen LogP contribution in [0.3, 0.4) is 0 Å². The Morgan fingerprint density at radius 2 is 1.70 bits per heavy atom. The van der Waals surface area contributed by atoms with Crippen LogP contribution in [0.25, 0.3) is 11.1 Å². The highest BCUT2D eigenvalue weighted by molar-refractivity contribution is 5.65. The van der Waals surface area contributed by atoms with E-state index in [4.69, 9.17) is 9.47 Å². The fraction of sp³-hybridized carbons (Fsp3) is 0.263. The molecule has 0 atom stereocenters. The minimum Gasteiger partial charge on any atom is -0.346 e. The quantitative estimate of drug-likeness (QED) is 0.738. The minimum atomic E-state index is -0.812. The molecule has 0 aromatic heterocycles. The number of halogens is 2. The zero-order valence-corrected chi connectivity index (χ0v) is 12.7. The summed E-state index contributed by atoms with van der Waals surface area (Å²) in [5.74, 6) is -1.59. The third-order valence-electron chi connectivity index (χ3n) is 3.90. The summed E-state index contributed by atoms with van der Waals surface area (Å²) in [4.78, 5) is 0. The first-order valence-electron chi connectivity index (χ1n) is 7.62. The van der Waals surface area contributed by atoms with Crippen molar-refractivity contribution in [2.45, 2.75) is 19.1 Å². The number of aryl methyl sites for hydroxylation is 1. The molecule has 0 amide bonds. The van der Waals surface area contributed by atoms with Gasteiger partial charge in [0.25, 0.3) is 0 Å². The van der Waals surface area contributed by atoms with Gasteiger partial charge in [-0.3, -0.25) is 0 Å². The van der Waals surface area contributed by atoms with E-state index in [1.807, 2.05) is 12.1 Å². The molecule has 1 aliphatic heterocycles. The third-order valence-corrected chi connectivity index (χ3v) is 3.90. The topological polar surface area (TPSA) is 18.5 Å². The van der Waals surface area contributed by atoms with Gasteiger partial charge in [-0.05, 0) is 24.0 Å². The molecule has 0 radical (unpaired) electrons. The Hall–Kier alpha value is -2.04. The van der Waals surface area contributed by atoms with Crippen LogP contribution in [0.4, 0.5) is 8.78 Å². The summed E-state index contributed by atoms with van der Waals surface area (Å²) in [5, 5.41) is 0. The number of allylic oxidation sites excluding steroid dienone is 1. The van der Waals surface area contributed by atoms with Crippen molar-refractivity contribution in [1.82, 2.24) is 0 Å². The number of ether oxygens (including phenoxy) is 2. The van der Waals surface area contributed by atoms with E-state index in [1.165, 1.54) is 0 Å². The molecule has 0 saturated carbocycles. The molecule has 4 heteroatoms. The fourth-order valence-corrected chi connectivity index (χ4v) is 2.63. The average molecular weight is 316 g/mol. The van der Waals surface area contributed by atoms with E-state index >= 15 is 0 Å². The molecule has 23 heavy (non-hydrogen) atoms. The van der Waals surface area contributed by atoms with Gasteiger partial charge in [0.2, 0.25) is 0 Å². The Morgan fingerprint density at radius 1 is 1.00 bits per heavy atom. The van der Waals surface area contributed by atoms with Gasteiger partial charge in [0.1, 0.15) is 0 Å². The lowest BCUT2D eigenvalue weighted by Crippen LogP contribution is -1.99. The standard InChI is InChI=1S/C19H18F2O2/c1-2-3-4-14-9-10-16(18(21)17(14)20)13-5-7-15(8-6-13)19-22-11-12-23-19/h2,5-10,19H,1,3-4,11-12H2. The first kappa shape index (κ1) is 15.8. The smallest absolute Gasteiger partial charge is 0.184 e. The van der Waals surface area contributed by atoms with E-state index in [1.54, 1.807) is 30.3 Å². The normalized spacial score (nSPS) is 15.0. The molecule has 120 valence electrons. The van der Waals surface area contributed by atoms with E-state index in [2.05, 4.69) is 6.58 Å². The summed E-state index contributed by atoms with van der Waals surface area (Å²) in [6.45, 7) is 4.73. The van der Waals surface area contributed by atoms with E-state index in [0.29, 0.717) is 37.2 Å². The Morgan fingerprint density at radius 3 is 2.35 bits per heavy atom. The molecule has 2 aromatic carbocycles. The van der Waals surface area contributed by atoms with E-state index in [9.17, 15) is 8.78 Å². The van der Waals surface area contributed by atoms with E-state index in [-0.39, 0.29) is 11.9 Å². The maximum Gasteiger partial charge on any atom is 0.184 e. The lowest BCUT2D eigenvalue weighted by molar-refractivity contribution is -0.0441. The first-order chi connectivity index (χ1) is 11.2. The highest BCUT2D eigenvalue weighted by Gasteiger charge is 2.19. The summed E-state index contributed by atoms with van der Waals surface area (Å²) < 4.78 is 39.3. The second kappa shape index (κ2) is 7.02. The van der Waals surface area contributed by atoms with Crippen LogP contribution in [0.5, 0.6) is 0 Å². The molecule has 2 nitrogen and oxygen atoms in total. The van der Waals surface area contributed by atoms with Crippen molar-refractivity contribution in [3.05, 3.63) is 71.8 Å². The molecule has 2 aromatic rings. The van der Waals surface area contributed by atoms with Crippen LogP contribution in [-0.4, -0.2) is 13.2 Å². The summed E-state index contributed by atoms with van der Waals surface area (Å²) >= 11 is 0. The summed E-state index contributed by atoms with van der Waals surface area (Å²) in [6.07, 6.45) is 2.39. The Balaban J connectivity index is 1.86. The number of benzene rings is 2. The van der Waals surface area contributed by atoms with Crippen molar-refractivity contribution < 1.29 is 18.3 Å². The van der Waals surface area contributed by atoms with E-state index < -0.39 is 11.6 Å². The molecule has 0 unspecified atom stereocenters. The predicted octanol–water partition coefficient (Wildman–Crippen LogP) is 4.80. The highest BCUT2D eigenvalue weighted by atomic mass is 19.2. The molecular weight excluding hydrogens is 298 g/mol. The Labute approximate surface area is 134 Å². The molecule has 0 bridgehead atoms. The van der Waals surface area contributed by atoms with Crippen LogP contribution in [0.15, 0.2) is 49.1 Å². The van der Waals surface area contributed by atoms with Crippen molar-refractivity contribution in [3.63, 3.8) is 0 Å². The molecular formula is C19H18F2O2. The van der Waals surface area contributed by atoms with Gasteiger partial charge in [-0.25, -0.2) is 8.78 Å². The van der Waals surface area contributed by atoms with Gasteiger partial charge < -0.3 is 9.47 Å². The number of hydrogen-bond acceptors (Lipinski definition) is 2. The SMILES string of the molecule is C=CCCc1ccc(-c2ccc(C3OCCO3)cc2)c(F)c1F. The van der Waals surface area contributed by atoms with Crippen LogP contribution >= 0.6 is 0 Å². The Kier molecular flexibility index (Phi) is 4.84. The van der Waals surface area contributed by atoms with Crippen LogP contribution in [0, 0.1) is 11.6 Å². The van der Waals surface area contributed by atoms with Crippen LogP contribution in [-0.2, 0) is 15.9 Å². The predicted molar refractivity (Wildman–Crippen MR) is 85.0 cm³/mol. The van der Waals surface area contributed by atoms with Crippen molar-refractivity contribution in [2.75, 3.05) is 13.2 Å². The molecule has 1 fully saturated rings. The van der Waals surface area contributed by atoms with Crippen molar-refractivity contribution in [3.8, 4) is 11.1 Å². The Bertz CT molecular complexity index is 689.